The maximum absolute atomic E-state index is 13.3. The number of rotatable bonds is 5. The third-order valence-corrected chi connectivity index (χ3v) is 6.53. The number of hydrogen-bond donors (Lipinski definition) is 2. The molecule has 2 unspecified atom stereocenters. The lowest BCUT2D eigenvalue weighted by molar-refractivity contribution is -0.116. The van der Waals surface area contributed by atoms with E-state index in [4.69, 9.17) is 4.74 Å². The van der Waals surface area contributed by atoms with E-state index in [9.17, 15) is 9.18 Å². The second-order valence-electron chi connectivity index (χ2n) is 7.42. The van der Waals surface area contributed by atoms with Crippen molar-refractivity contribution in [1.82, 2.24) is 14.9 Å². The van der Waals surface area contributed by atoms with Gasteiger partial charge in [0.15, 0.2) is 5.82 Å². The number of anilines is 1. The van der Waals surface area contributed by atoms with E-state index in [-0.39, 0.29) is 17.8 Å². The molecule has 0 bridgehead atoms. The van der Waals surface area contributed by atoms with E-state index in [1.165, 1.54) is 36.0 Å². The molecule has 9 heteroatoms. The van der Waals surface area contributed by atoms with E-state index in [2.05, 4.69) is 20.9 Å². The number of carbonyl (C=O) groups excluding carboxylic acids is 1. The molecule has 3 aromatic carbocycles. The molecule has 7 nitrogen and oxygen atoms in total. The Labute approximate surface area is 194 Å². The summed E-state index contributed by atoms with van der Waals surface area (Å²) in [4.78, 5) is 13.3. The van der Waals surface area contributed by atoms with Crippen molar-refractivity contribution >= 4 is 23.4 Å². The number of hydrogen-bond acceptors (Lipinski definition) is 6. The van der Waals surface area contributed by atoms with Gasteiger partial charge in [0.25, 0.3) is 0 Å². The van der Waals surface area contributed by atoms with Crippen molar-refractivity contribution in [3.63, 3.8) is 0 Å². The SMILES string of the molecule is COc1ccc(C2Nn3c(nnc3-c3ccccc3)SC2C(=O)Nc2ccc(F)cc2)cc1. The van der Waals surface area contributed by atoms with Crippen LogP contribution in [0.2, 0.25) is 0 Å². The molecule has 0 saturated carbocycles. The number of amides is 1. The summed E-state index contributed by atoms with van der Waals surface area (Å²) in [7, 11) is 1.61. The first kappa shape index (κ1) is 21.0. The first-order valence-corrected chi connectivity index (χ1v) is 11.1. The number of carbonyl (C=O) groups is 1. The molecule has 4 aromatic rings. The fourth-order valence-electron chi connectivity index (χ4n) is 3.64. The lowest BCUT2D eigenvalue weighted by atomic mass is 10.0. The Hall–Kier alpha value is -3.85. The fourth-order valence-corrected chi connectivity index (χ4v) is 4.72. The highest BCUT2D eigenvalue weighted by Crippen LogP contribution is 2.39. The highest BCUT2D eigenvalue weighted by molar-refractivity contribution is 8.00. The fraction of sp³-hybridized carbons (Fsp3) is 0.125. The van der Waals surface area contributed by atoms with Crippen LogP contribution in [0.15, 0.2) is 84.0 Å². The number of benzene rings is 3. The summed E-state index contributed by atoms with van der Waals surface area (Å²) >= 11 is 1.33. The number of methoxy groups -OCH3 is 1. The van der Waals surface area contributed by atoms with Crippen LogP contribution in [-0.4, -0.2) is 33.1 Å². The standard InChI is InChI=1S/C24H20FN5O2S/c1-32-19-13-7-15(8-14-19)20-21(23(31)26-18-11-9-17(25)10-12-18)33-24-28-27-22(30(24)29-20)16-5-3-2-4-6-16/h2-14,20-21,29H,1H3,(H,26,31). The molecule has 0 fully saturated rings. The molecule has 2 atom stereocenters. The summed E-state index contributed by atoms with van der Waals surface area (Å²) in [5, 5.41) is 11.6. The zero-order chi connectivity index (χ0) is 22.8. The van der Waals surface area contributed by atoms with Crippen LogP contribution in [-0.2, 0) is 4.79 Å². The molecule has 1 aliphatic heterocycles. The summed E-state index contributed by atoms with van der Waals surface area (Å²) in [5.74, 6) is 0.799. The second kappa shape index (κ2) is 8.95. The van der Waals surface area contributed by atoms with E-state index >= 15 is 0 Å². The third-order valence-electron chi connectivity index (χ3n) is 5.31. The van der Waals surface area contributed by atoms with Gasteiger partial charge in [-0.3, -0.25) is 4.79 Å². The molecule has 5 rings (SSSR count). The van der Waals surface area contributed by atoms with Crippen LogP contribution in [0, 0.1) is 5.82 Å². The predicted octanol–water partition coefficient (Wildman–Crippen LogP) is 4.49. The Kier molecular flexibility index (Phi) is 5.70. The molecule has 0 saturated heterocycles. The lowest BCUT2D eigenvalue weighted by Gasteiger charge is -2.33. The number of thioether (sulfide) groups is 1. The Bertz CT molecular complexity index is 1260. The van der Waals surface area contributed by atoms with Crippen molar-refractivity contribution in [3.05, 3.63) is 90.2 Å². The number of halogens is 1. The van der Waals surface area contributed by atoms with Gasteiger partial charge in [-0.1, -0.05) is 54.2 Å². The van der Waals surface area contributed by atoms with E-state index in [0.29, 0.717) is 16.7 Å². The maximum atomic E-state index is 13.3. The molecule has 166 valence electrons. The Morgan fingerprint density at radius 3 is 2.45 bits per heavy atom. The van der Waals surface area contributed by atoms with Gasteiger partial charge in [0.1, 0.15) is 16.8 Å². The molecule has 33 heavy (non-hydrogen) atoms. The molecule has 2 heterocycles. The molecule has 1 amide bonds. The van der Waals surface area contributed by atoms with Gasteiger partial charge in [0.2, 0.25) is 11.1 Å². The average molecular weight is 462 g/mol. The molecular weight excluding hydrogens is 441 g/mol. The summed E-state index contributed by atoms with van der Waals surface area (Å²) in [6.45, 7) is 0. The molecule has 1 aliphatic rings. The summed E-state index contributed by atoms with van der Waals surface area (Å²) in [6, 6.07) is 22.6. The van der Waals surface area contributed by atoms with Crippen LogP contribution in [0.3, 0.4) is 0 Å². The van der Waals surface area contributed by atoms with Crippen molar-refractivity contribution in [3.8, 4) is 17.1 Å². The van der Waals surface area contributed by atoms with Crippen molar-refractivity contribution in [2.24, 2.45) is 0 Å². The van der Waals surface area contributed by atoms with Gasteiger partial charge >= 0.3 is 0 Å². The van der Waals surface area contributed by atoms with Gasteiger partial charge in [-0.25, -0.2) is 9.07 Å². The van der Waals surface area contributed by atoms with Crippen LogP contribution in [0.5, 0.6) is 5.75 Å². The van der Waals surface area contributed by atoms with E-state index in [1.807, 2.05) is 59.3 Å². The van der Waals surface area contributed by atoms with Crippen LogP contribution < -0.4 is 15.5 Å². The number of nitrogens with zero attached hydrogens (tertiary/aromatic N) is 3. The number of aromatic nitrogens is 3. The van der Waals surface area contributed by atoms with Crippen molar-refractivity contribution in [1.29, 1.82) is 0 Å². The molecule has 0 spiro atoms. The topological polar surface area (TPSA) is 81.1 Å². The molecular formula is C24H20FN5O2S. The van der Waals surface area contributed by atoms with E-state index < -0.39 is 5.25 Å². The lowest BCUT2D eigenvalue weighted by Crippen LogP contribution is -2.41. The van der Waals surface area contributed by atoms with E-state index in [0.717, 1.165) is 16.9 Å². The predicted molar refractivity (Wildman–Crippen MR) is 125 cm³/mol. The first-order chi connectivity index (χ1) is 16.1. The van der Waals surface area contributed by atoms with Crippen LogP contribution in [0.25, 0.3) is 11.4 Å². The van der Waals surface area contributed by atoms with Gasteiger partial charge < -0.3 is 15.5 Å². The summed E-state index contributed by atoms with van der Waals surface area (Å²) in [6.07, 6.45) is 0. The second-order valence-corrected chi connectivity index (χ2v) is 8.53. The van der Waals surface area contributed by atoms with Crippen LogP contribution in [0.1, 0.15) is 11.6 Å². The monoisotopic (exact) mass is 461 g/mol. The summed E-state index contributed by atoms with van der Waals surface area (Å²) in [5.41, 5.74) is 5.77. The minimum atomic E-state index is -0.552. The Balaban J connectivity index is 1.50. The van der Waals surface area contributed by atoms with Gasteiger partial charge in [-0.05, 0) is 42.0 Å². The quantitative estimate of drug-likeness (QED) is 0.456. The first-order valence-electron chi connectivity index (χ1n) is 10.3. The van der Waals surface area contributed by atoms with Gasteiger partial charge in [0, 0.05) is 11.3 Å². The minimum Gasteiger partial charge on any atom is -0.497 e. The number of nitrogens with one attached hydrogen (secondary N) is 2. The highest BCUT2D eigenvalue weighted by atomic mass is 32.2. The Morgan fingerprint density at radius 2 is 1.76 bits per heavy atom. The molecule has 2 N–H and O–H groups in total. The molecule has 1 aromatic heterocycles. The zero-order valence-electron chi connectivity index (χ0n) is 17.6. The number of fused-ring (bicyclic) bond motifs is 1. The van der Waals surface area contributed by atoms with Crippen molar-refractivity contribution < 1.29 is 13.9 Å². The van der Waals surface area contributed by atoms with Gasteiger partial charge in [0.05, 0.1) is 13.2 Å². The zero-order valence-corrected chi connectivity index (χ0v) is 18.4. The molecule has 0 aliphatic carbocycles. The summed E-state index contributed by atoms with van der Waals surface area (Å²) < 4.78 is 20.4. The van der Waals surface area contributed by atoms with Crippen LogP contribution >= 0.6 is 11.8 Å². The maximum Gasteiger partial charge on any atom is 0.240 e. The third kappa shape index (κ3) is 4.27. The van der Waals surface area contributed by atoms with Crippen molar-refractivity contribution in [2.75, 3.05) is 17.9 Å². The normalized spacial score (nSPS) is 17.0. The van der Waals surface area contributed by atoms with Crippen molar-refractivity contribution in [2.45, 2.75) is 16.4 Å². The highest BCUT2D eigenvalue weighted by Gasteiger charge is 2.38. The van der Waals surface area contributed by atoms with Crippen LogP contribution in [0.4, 0.5) is 10.1 Å². The minimum absolute atomic E-state index is 0.226. The van der Waals surface area contributed by atoms with E-state index in [1.54, 1.807) is 7.11 Å². The Morgan fingerprint density at radius 1 is 1.03 bits per heavy atom. The smallest absolute Gasteiger partial charge is 0.240 e. The van der Waals surface area contributed by atoms with Gasteiger partial charge in [-0.15, -0.1) is 10.2 Å². The largest absolute Gasteiger partial charge is 0.497 e. The average Bonchev–Trinajstić information content (AvgIpc) is 3.28. The van der Waals surface area contributed by atoms with Gasteiger partial charge in [-0.2, -0.15) is 0 Å². The molecule has 0 radical (unpaired) electrons. The number of ether oxygens (including phenoxy) is 1.